The maximum absolute atomic E-state index is 12.1. The Hall–Kier alpha value is -2.05. The highest BCUT2D eigenvalue weighted by Crippen LogP contribution is 2.32. The molecule has 2 aromatic rings. The van der Waals surface area contributed by atoms with E-state index in [4.69, 9.17) is 15.4 Å². The SMILES string of the molecule is CCOc1ccc(-c2cccc(C(=O)N(C)C)c2)cc1S(=O)(=O)Cl. The highest BCUT2D eigenvalue weighted by atomic mass is 35.7. The minimum Gasteiger partial charge on any atom is -0.492 e. The third kappa shape index (κ3) is 4.07. The normalized spacial score (nSPS) is 11.2. The first-order valence-electron chi connectivity index (χ1n) is 7.27. The second kappa shape index (κ2) is 7.23. The van der Waals surface area contributed by atoms with Gasteiger partial charge in [-0.2, -0.15) is 0 Å². The maximum atomic E-state index is 12.1. The lowest BCUT2D eigenvalue weighted by atomic mass is 10.0. The first-order chi connectivity index (χ1) is 11.2. The molecule has 0 saturated heterocycles. The molecular formula is C17H18ClNO4S. The number of carbonyl (C=O) groups excluding carboxylic acids is 1. The number of carbonyl (C=O) groups is 1. The Bertz CT molecular complexity index is 863. The van der Waals surface area contributed by atoms with Crippen molar-refractivity contribution in [3.63, 3.8) is 0 Å². The first-order valence-corrected chi connectivity index (χ1v) is 9.58. The number of hydrogen-bond acceptors (Lipinski definition) is 4. The van der Waals surface area contributed by atoms with Gasteiger partial charge in [-0.05, 0) is 42.3 Å². The molecule has 0 aliphatic carbocycles. The van der Waals surface area contributed by atoms with Crippen LogP contribution < -0.4 is 4.74 Å². The number of amides is 1. The fourth-order valence-electron chi connectivity index (χ4n) is 2.24. The Kier molecular flexibility index (Phi) is 5.51. The second-order valence-electron chi connectivity index (χ2n) is 5.31. The molecule has 0 fully saturated rings. The van der Waals surface area contributed by atoms with E-state index in [0.29, 0.717) is 23.3 Å². The van der Waals surface area contributed by atoms with Crippen LogP contribution >= 0.6 is 10.7 Å². The lowest BCUT2D eigenvalue weighted by molar-refractivity contribution is 0.0827. The molecule has 0 saturated carbocycles. The highest BCUT2D eigenvalue weighted by Gasteiger charge is 2.18. The van der Waals surface area contributed by atoms with Crippen molar-refractivity contribution < 1.29 is 17.9 Å². The average molecular weight is 368 g/mol. The summed E-state index contributed by atoms with van der Waals surface area (Å²) in [6.07, 6.45) is 0. The van der Waals surface area contributed by atoms with Gasteiger partial charge in [0.05, 0.1) is 6.61 Å². The molecule has 0 bridgehead atoms. The van der Waals surface area contributed by atoms with Gasteiger partial charge in [-0.1, -0.05) is 18.2 Å². The number of hydrogen-bond donors (Lipinski definition) is 0. The van der Waals surface area contributed by atoms with Crippen LogP contribution in [-0.4, -0.2) is 39.9 Å². The monoisotopic (exact) mass is 367 g/mol. The van der Waals surface area contributed by atoms with Gasteiger partial charge in [-0.15, -0.1) is 0 Å². The van der Waals surface area contributed by atoms with E-state index in [9.17, 15) is 13.2 Å². The standard InChI is InChI=1S/C17H18ClNO4S/c1-4-23-15-9-8-13(11-16(15)24(18,21)22)12-6-5-7-14(10-12)17(20)19(2)3/h5-11H,4H2,1-3H3. The van der Waals surface area contributed by atoms with Gasteiger partial charge in [0.15, 0.2) is 0 Å². The number of rotatable bonds is 5. The van der Waals surface area contributed by atoms with Crippen LogP contribution in [-0.2, 0) is 9.05 Å². The smallest absolute Gasteiger partial charge is 0.265 e. The van der Waals surface area contributed by atoms with Crippen molar-refractivity contribution in [2.24, 2.45) is 0 Å². The van der Waals surface area contributed by atoms with Crippen LogP contribution in [0.2, 0.25) is 0 Å². The molecule has 0 spiro atoms. The van der Waals surface area contributed by atoms with E-state index in [-0.39, 0.29) is 16.6 Å². The molecule has 24 heavy (non-hydrogen) atoms. The Labute approximate surface area is 146 Å². The van der Waals surface area contributed by atoms with Crippen LogP contribution in [0.3, 0.4) is 0 Å². The Morgan fingerprint density at radius 1 is 1.12 bits per heavy atom. The highest BCUT2D eigenvalue weighted by molar-refractivity contribution is 8.13. The van der Waals surface area contributed by atoms with Crippen LogP contribution in [0, 0.1) is 0 Å². The van der Waals surface area contributed by atoms with E-state index in [1.807, 2.05) is 0 Å². The summed E-state index contributed by atoms with van der Waals surface area (Å²) in [5, 5.41) is 0. The minimum absolute atomic E-state index is 0.0899. The maximum Gasteiger partial charge on any atom is 0.265 e. The van der Waals surface area contributed by atoms with Gasteiger partial charge in [0.25, 0.3) is 15.0 Å². The molecule has 0 N–H and O–H groups in total. The number of halogens is 1. The van der Waals surface area contributed by atoms with Crippen molar-refractivity contribution in [3.05, 3.63) is 48.0 Å². The predicted octanol–water partition coefficient (Wildman–Crippen LogP) is 3.38. The molecule has 0 aliphatic rings. The molecular weight excluding hydrogens is 350 g/mol. The van der Waals surface area contributed by atoms with Gasteiger partial charge < -0.3 is 9.64 Å². The van der Waals surface area contributed by atoms with E-state index in [0.717, 1.165) is 0 Å². The molecule has 0 heterocycles. The zero-order valence-corrected chi connectivity index (χ0v) is 15.2. The zero-order valence-electron chi connectivity index (χ0n) is 13.6. The van der Waals surface area contributed by atoms with Crippen molar-refractivity contribution in [1.82, 2.24) is 4.90 Å². The first kappa shape index (κ1) is 18.3. The molecule has 0 aromatic heterocycles. The quantitative estimate of drug-likeness (QED) is 0.760. The van der Waals surface area contributed by atoms with E-state index in [1.54, 1.807) is 57.4 Å². The largest absolute Gasteiger partial charge is 0.492 e. The van der Waals surface area contributed by atoms with Crippen molar-refractivity contribution in [3.8, 4) is 16.9 Å². The average Bonchev–Trinajstić information content (AvgIpc) is 2.54. The number of nitrogens with zero attached hydrogens (tertiary/aromatic N) is 1. The Morgan fingerprint density at radius 3 is 2.38 bits per heavy atom. The molecule has 2 aromatic carbocycles. The predicted molar refractivity (Wildman–Crippen MR) is 94.1 cm³/mol. The summed E-state index contributed by atoms with van der Waals surface area (Å²) in [4.78, 5) is 13.5. The minimum atomic E-state index is -3.95. The van der Waals surface area contributed by atoms with Crippen molar-refractivity contribution in [2.75, 3.05) is 20.7 Å². The number of ether oxygens (including phenoxy) is 1. The van der Waals surface area contributed by atoms with Crippen LogP contribution in [0.1, 0.15) is 17.3 Å². The van der Waals surface area contributed by atoms with Gasteiger partial charge in [0.1, 0.15) is 10.6 Å². The molecule has 0 atom stereocenters. The van der Waals surface area contributed by atoms with Gasteiger partial charge in [0, 0.05) is 30.3 Å². The lowest BCUT2D eigenvalue weighted by Crippen LogP contribution is -2.21. The summed E-state index contributed by atoms with van der Waals surface area (Å²) in [5.74, 6) is 0.0738. The molecule has 0 aliphatic heterocycles. The fraction of sp³-hybridized carbons (Fsp3) is 0.235. The van der Waals surface area contributed by atoms with Gasteiger partial charge in [-0.3, -0.25) is 4.79 Å². The van der Waals surface area contributed by atoms with Crippen LogP contribution in [0.5, 0.6) is 5.75 Å². The van der Waals surface area contributed by atoms with Crippen LogP contribution in [0.4, 0.5) is 0 Å². The molecule has 7 heteroatoms. The Balaban J connectivity index is 2.54. The molecule has 0 unspecified atom stereocenters. The molecule has 1 amide bonds. The summed E-state index contributed by atoms with van der Waals surface area (Å²) in [6, 6.07) is 11.7. The van der Waals surface area contributed by atoms with Crippen molar-refractivity contribution in [1.29, 1.82) is 0 Å². The molecule has 128 valence electrons. The topological polar surface area (TPSA) is 63.7 Å². The van der Waals surface area contributed by atoms with E-state index < -0.39 is 9.05 Å². The van der Waals surface area contributed by atoms with Crippen molar-refractivity contribution >= 4 is 25.6 Å². The fourth-order valence-corrected chi connectivity index (χ4v) is 3.24. The van der Waals surface area contributed by atoms with Gasteiger partial charge in [-0.25, -0.2) is 8.42 Å². The third-order valence-electron chi connectivity index (χ3n) is 3.36. The second-order valence-corrected chi connectivity index (χ2v) is 7.85. The zero-order chi connectivity index (χ0) is 17.9. The summed E-state index contributed by atoms with van der Waals surface area (Å²) in [6.45, 7) is 2.08. The molecule has 0 radical (unpaired) electrons. The van der Waals surface area contributed by atoms with E-state index in [2.05, 4.69) is 0 Å². The lowest BCUT2D eigenvalue weighted by Gasteiger charge is -2.13. The summed E-state index contributed by atoms with van der Waals surface area (Å²) >= 11 is 0. The van der Waals surface area contributed by atoms with E-state index >= 15 is 0 Å². The van der Waals surface area contributed by atoms with Gasteiger partial charge >= 0.3 is 0 Å². The molecule has 5 nitrogen and oxygen atoms in total. The summed E-state index contributed by atoms with van der Waals surface area (Å²) in [5.41, 5.74) is 1.86. The number of benzene rings is 2. The summed E-state index contributed by atoms with van der Waals surface area (Å²) in [7, 11) is 4.90. The van der Waals surface area contributed by atoms with Crippen molar-refractivity contribution in [2.45, 2.75) is 11.8 Å². The van der Waals surface area contributed by atoms with E-state index in [1.165, 1.54) is 11.0 Å². The van der Waals surface area contributed by atoms with Crippen LogP contribution in [0.15, 0.2) is 47.4 Å². The summed E-state index contributed by atoms with van der Waals surface area (Å²) < 4.78 is 28.9. The van der Waals surface area contributed by atoms with Crippen LogP contribution in [0.25, 0.3) is 11.1 Å². The third-order valence-corrected chi connectivity index (χ3v) is 4.70. The Morgan fingerprint density at radius 2 is 1.79 bits per heavy atom. The molecule has 2 rings (SSSR count). The van der Waals surface area contributed by atoms with Gasteiger partial charge in [0.2, 0.25) is 0 Å².